The van der Waals surface area contributed by atoms with Crippen LogP contribution < -0.4 is 15.4 Å². The van der Waals surface area contributed by atoms with Crippen LogP contribution in [-0.2, 0) is 9.53 Å². The standard InChI is InChI=1S/C28H31ClFN5O3/c1-37-26-15-23-20(28(32-17-31-23)33-19-8-9-22(30)21(29)13-19)14-24(26)34-27(36)7-4-10-35-11-12-38-16-18-5-2-3-6-25(18)35/h4,7-9,13-15,17-18,25H,2-3,5-6,10-12,16H2,1H3,(H,34,36)(H,31,32,33)/b7-4+. The normalized spacial score (nSPS) is 20.2. The van der Waals surface area contributed by atoms with E-state index in [1.54, 1.807) is 24.3 Å². The van der Waals surface area contributed by atoms with E-state index in [9.17, 15) is 9.18 Å². The van der Waals surface area contributed by atoms with Gasteiger partial charge in [-0.3, -0.25) is 9.69 Å². The van der Waals surface area contributed by atoms with Crippen LogP contribution in [0.25, 0.3) is 10.9 Å². The van der Waals surface area contributed by atoms with E-state index >= 15 is 0 Å². The number of methoxy groups -OCH3 is 1. The molecule has 1 aliphatic carbocycles. The highest BCUT2D eigenvalue weighted by molar-refractivity contribution is 6.31. The van der Waals surface area contributed by atoms with E-state index in [1.807, 2.05) is 6.08 Å². The minimum absolute atomic E-state index is 0.00137. The predicted octanol–water partition coefficient (Wildman–Crippen LogP) is 5.56. The first-order valence-electron chi connectivity index (χ1n) is 12.9. The van der Waals surface area contributed by atoms with Crippen LogP contribution in [0, 0.1) is 11.7 Å². The first kappa shape index (κ1) is 26.3. The molecule has 200 valence electrons. The predicted molar refractivity (Wildman–Crippen MR) is 147 cm³/mol. The van der Waals surface area contributed by atoms with Crippen molar-refractivity contribution in [2.75, 3.05) is 44.0 Å². The van der Waals surface area contributed by atoms with E-state index in [0.717, 1.165) is 19.8 Å². The summed E-state index contributed by atoms with van der Waals surface area (Å²) in [6, 6.07) is 8.33. The molecule has 1 aliphatic heterocycles. The van der Waals surface area contributed by atoms with Gasteiger partial charge in [-0.15, -0.1) is 0 Å². The Morgan fingerprint density at radius 1 is 1.26 bits per heavy atom. The Balaban J connectivity index is 1.31. The average Bonchev–Trinajstić information content (AvgIpc) is 3.13. The van der Waals surface area contributed by atoms with E-state index in [0.29, 0.717) is 52.3 Å². The Morgan fingerprint density at radius 3 is 2.97 bits per heavy atom. The van der Waals surface area contributed by atoms with Crippen molar-refractivity contribution < 1.29 is 18.7 Å². The molecule has 2 aliphatic rings. The van der Waals surface area contributed by atoms with Crippen LogP contribution in [0.1, 0.15) is 25.7 Å². The zero-order chi connectivity index (χ0) is 26.5. The molecule has 2 atom stereocenters. The Hall–Kier alpha value is -3.27. The van der Waals surface area contributed by atoms with Gasteiger partial charge in [0.15, 0.2) is 0 Å². The fourth-order valence-corrected chi connectivity index (χ4v) is 5.48. The summed E-state index contributed by atoms with van der Waals surface area (Å²) in [6.07, 6.45) is 9.80. The number of aromatic nitrogens is 2. The third kappa shape index (κ3) is 6.06. The number of benzene rings is 2. The summed E-state index contributed by atoms with van der Waals surface area (Å²) in [4.78, 5) is 24.0. The average molecular weight is 540 g/mol. The second-order valence-electron chi connectivity index (χ2n) is 9.62. The lowest BCUT2D eigenvalue weighted by molar-refractivity contribution is -0.111. The summed E-state index contributed by atoms with van der Waals surface area (Å²) in [5.74, 6) is 0.771. The number of nitrogens with zero attached hydrogens (tertiary/aromatic N) is 3. The number of hydrogen-bond acceptors (Lipinski definition) is 7. The van der Waals surface area contributed by atoms with Crippen LogP contribution in [0.4, 0.5) is 21.6 Å². The molecule has 1 aromatic heterocycles. The molecule has 1 amide bonds. The molecule has 10 heteroatoms. The Bertz CT molecular complexity index is 1340. The van der Waals surface area contributed by atoms with Crippen molar-refractivity contribution in [3.8, 4) is 5.75 Å². The number of nitrogens with one attached hydrogen (secondary N) is 2. The van der Waals surface area contributed by atoms with Gasteiger partial charge in [-0.2, -0.15) is 0 Å². The van der Waals surface area contributed by atoms with Crippen molar-refractivity contribution >= 4 is 45.6 Å². The largest absolute Gasteiger partial charge is 0.494 e. The van der Waals surface area contributed by atoms with Gasteiger partial charge in [0, 0.05) is 42.3 Å². The minimum Gasteiger partial charge on any atom is -0.494 e. The summed E-state index contributed by atoms with van der Waals surface area (Å²) in [6.45, 7) is 3.14. The topological polar surface area (TPSA) is 88.6 Å². The monoisotopic (exact) mass is 539 g/mol. The molecule has 3 aromatic rings. The molecular weight excluding hydrogens is 509 g/mol. The third-order valence-electron chi connectivity index (χ3n) is 7.20. The van der Waals surface area contributed by atoms with Gasteiger partial charge >= 0.3 is 0 Å². The SMILES string of the molecule is COc1cc2ncnc(Nc3ccc(F)c(Cl)c3)c2cc1NC(=O)/C=C/CN1CCOCC2CCCCC21. The molecule has 38 heavy (non-hydrogen) atoms. The highest BCUT2D eigenvalue weighted by Crippen LogP contribution is 2.34. The molecule has 1 saturated heterocycles. The molecule has 0 radical (unpaired) electrons. The van der Waals surface area contributed by atoms with Crippen molar-refractivity contribution in [3.05, 3.63) is 59.7 Å². The number of ether oxygens (including phenoxy) is 2. The van der Waals surface area contributed by atoms with Crippen molar-refractivity contribution in [1.82, 2.24) is 14.9 Å². The maximum Gasteiger partial charge on any atom is 0.248 e. The third-order valence-corrected chi connectivity index (χ3v) is 7.49. The van der Waals surface area contributed by atoms with Gasteiger partial charge in [-0.1, -0.05) is 30.5 Å². The van der Waals surface area contributed by atoms with Crippen LogP contribution in [0.2, 0.25) is 5.02 Å². The Kier molecular flexibility index (Phi) is 8.36. The molecule has 2 fully saturated rings. The maximum atomic E-state index is 13.6. The second kappa shape index (κ2) is 12.1. The lowest BCUT2D eigenvalue weighted by Crippen LogP contribution is -2.42. The number of fused-ring (bicyclic) bond motifs is 2. The molecule has 0 spiro atoms. The Labute approximate surface area is 226 Å². The van der Waals surface area contributed by atoms with Crippen LogP contribution in [0.15, 0.2) is 48.8 Å². The second-order valence-corrected chi connectivity index (χ2v) is 10.0. The van der Waals surface area contributed by atoms with Crippen LogP contribution in [0.5, 0.6) is 5.75 Å². The molecule has 2 aromatic carbocycles. The fraction of sp³-hybridized carbons (Fsp3) is 0.393. The number of rotatable bonds is 7. The quantitative estimate of drug-likeness (QED) is 0.380. The van der Waals surface area contributed by atoms with Gasteiger partial charge < -0.3 is 20.1 Å². The highest BCUT2D eigenvalue weighted by atomic mass is 35.5. The summed E-state index contributed by atoms with van der Waals surface area (Å²) in [7, 11) is 1.54. The first-order valence-corrected chi connectivity index (χ1v) is 13.2. The first-order chi connectivity index (χ1) is 18.5. The molecule has 5 rings (SSSR count). The molecule has 2 heterocycles. The van der Waals surface area contributed by atoms with Crippen molar-refractivity contribution in [2.24, 2.45) is 5.92 Å². The van der Waals surface area contributed by atoms with Crippen molar-refractivity contribution in [2.45, 2.75) is 31.7 Å². The van der Waals surface area contributed by atoms with E-state index in [2.05, 4.69) is 25.5 Å². The van der Waals surface area contributed by atoms with E-state index in [1.165, 1.54) is 51.3 Å². The van der Waals surface area contributed by atoms with E-state index in [4.69, 9.17) is 21.1 Å². The van der Waals surface area contributed by atoms with E-state index in [-0.39, 0.29) is 10.9 Å². The molecular formula is C28H31ClFN5O3. The smallest absolute Gasteiger partial charge is 0.248 e. The number of carbonyl (C=O) groups is 1. The number of halogens is 2. The van der Waals surface area contributed by atoms with Gasteiger partial charge in [-0.25, -0.2) is 14.4 Å². The maximum absolute atomic E-state index is 13.6. The molecule has 2 unspecified atom stereocenters. The van der Waals surface area contributed by atoms with Gasteiger partial charge in [0.05, 0.1) is 36.6 Å². The van der Waals surface area contributed by atoms with Crippen LogP contribution in [0.3, 0.4) is 0 Å². The van der Waals surface area contributed by atoms with Gasteiger partial charge in [0.1, 0.15) is 23.7 Å². The van der Waals surface area contributed by atoms with Crippen molar-refractivity contribution in [1.29, 1.82) is 0 Å². The minimum atomic E-state index is -0.504. The summed E-state index contributed by atoms with van der Waals surface area (Å²) < 4.78 is 24.9. The molecule has 2 N–H and O–H groups in total. The number of hydrogen-bond donors (Lipinski definition) is 2. The zero-order valence-electron chi connectivity index (χ0n) is 21.3. The van der Waals surface area contributed by atoms with Gasteiger partial charge in [0.2, 0.25) is 5.91 Å². The lowest BCUT2D eigenvalue weighted by Gasteiger charge is -2.36. The molecule has 0 bridgehead atoms. The molecule has 1 saturated carbocycles. The zero-order valence-corrected chi connectivity index (χ0v) is 22.0. The lowest BCUT2D eigenvalue weighted by atomic mass is 9.84. The molecule has 8 nitrogen and oxygen atoms in total. The number of amides is 1. The summed E-state index contributed by atoms with van der Waals surface area (Å²) >= 11 is 5.93. The van der Waals surface area contributed by atoms with Crippen LogP contribution >= 0.6 is 11.6 Å². The van der Waals surface area contributed by atoms with Gasteiger partial charge in [-0.05, 0) is 43.0 Å². The summed E-state index contributed by atoms with van der Waals surface area (Å²) in [5.41, 5.74) is 1.67. The van der Waals surface area contributed by atoms with Gasteiger partial charge in [0.25, 0.3) is 0 Å². The number of anilines is 3. The highest BCUT2D eigenvalue weighted by Gasteiger charge is 2.31. The van der Waals surface area contributed by atoms with Crippen LogP contribution in [-0.4, -0.2) is 60.2 Å². The number of carbonyl (C=O) groups excluding carboxylic acids is 1. The fourth-order valence-electron chi connectivity index (χ4n) is 5.30. The van der Waals surface area contributed by atoms with E-state index < -0.39 is 5.82 Å². The Morgan fingerprint density at radius 2 is 2.13 bits per heavy atom. The summed E-state index contributed by atoms with van der Waals surface area (Å²) in [5, 5.41) is 6.72. The van der Waals surface area contributed by atoms with Crippen molar-refractivity contribution in [3.63, 3.8) is 0 Å².